The van der Waals surface area contributed by atoms with Gasteiger partial charge in [-0.15, -0.1) is 0 Å². The molecule has 0 aliphatic rings. The monoisotopic (exact) mass is 332 g/mol. The van der Waals surface area contributed by atoms with Gasteiger partial charge in [0.1, 0.15) is 0 Å². The molecular formula is C9H8F3IS. The molecule has 0 aromatic heterocycles. The van der Waals surface area contributed by atoms with E-state index >= 15 is 0 Å². The topological polar surface area (TPSA) is 0 Å². The number of hydrogen-bond donors (Lipinski definition) is 0. The minimum absolute atomic E-state index is 0.566. The van der Waals surface area contributed by atoms with Crippen molar-refractivity contribution in [2.45, 2.75) is 24.4 Å². The smallest absolute Gasteiger partial charge is 0.166 e. The maximum absolute atomic E-state index is 12.3. The molecule has 1 aromatic carbocycles. The summed E-state index contributed by atoms with van der Waals surface area (Å²) in [6.45, 7) is 1.85. The second-order valence-electron chi connectivity index (χ2n) is 2.75. The zero-order valence-corrected chi connectivity index (χ0v) is 10.3. The molecule has 0 bridgehead atoms. The lowest BCUT2D eigenvalue weighted by Gasteiger charge is -2.10. The number of aryl methyl sites for hydroxylation is 1. The van der Waals surface area contributed by atoms with Crippen LogP contribution in [0.3, 0.4) is 0 Å². The zero-order valence-electron chi connectivity index (χ0n) is 7.36. The Hall–Kier alpha value is 0.0900. The number of halogens is 4. The van der Waals surface area contributed by atoms with Gasteiger partial charge in [-0.05, 0) is 30.2 Å². The van der Waals surface area contributed by atoms with Crippen molar-refractivity contribution in [2.75, 3.05) is 0 Å². The van der Waals surface area contributed by atoms with Gasteiger partial charge in [-0.3, -0.25) is 0 Å². The molecule has 14 heavy (non-hydrogen) atoms. The predicted molar refractivity (Wildman–Crippen MR) is 60.7 cm³/mol. The molecule has 0 unspecified atom stereocenters. The van der Waals surface area contributed by atoms with Crippen LogP contribution in [0.5, 0.6) is 0 Å². The molecule has 0 atom stereocenters. The van der Waals surface area contributed by atoms with Crippen molar-refractivity contribution >= 4 is 30.1 Å². The molecule has 0 spiro atoms. The molecule has 0 N–H and O–H groups in total. The van der Waals surface area contributed by atoms with Gasteiger partial charge in [-0.1, -0.05) is 15.9 Å². The number of rotatable bonds is 2. The Morgan fingerprint density at radius 1 is 1.36 bits per heavy atom. The summed E-state index contributed by atoms with van der Waals surface area (Å²) >= 11 is 2.07. The average Bonchev–Trinajstić information content (AvgIpc) is 2.15. The standard InChI is InChI=1S/C9H8F3IS/c1-2-6-5-7(9(10,11)12)3-4-8(6)14-13/h3-5H,2H2,1H3. The third-order valence-corrected chi connectivity index (χ3v) is 3.84. The number of alkyl halides is 3. The SMILES string of the molecule is CCc1cc(C(F)(F)F)ccc1SI. The first-order valence-electron chi connectivity index (χ1n) is 3.97. The third kappa shape index (κ3) is 2.79. The fourth-order valence-corrected chi connectivity index (χ4v) is 2.82. The highest BCUT2D eigenvalue weighted by Gasteiger charge is 2.30. The predicted octanol–water partition coefficient (Wildman–Crippen LogP) is 4.71. The molecule has 1 rings (SSSR count). The molecule has 0 nitrogen and oxygen atoms in total. The van der Waals surface area contributed by atoms with Gasteiger partial charge < -0.3 is 0 Å². The van der Waals surface area contributed by atoms with Crippen LogP contribution in [0, 0.1) is 0 Å². The van der Waals surface area contributed by atoms with Crippen LogP contribution in [0.1, 0.15) is 18.1 Å². The molecule has 78 valence electrons. The lowest BCUT2D eigenvalue weighted by Crippen LogP contribution is -2.05. The first kappa shape index (κ1) is 12.2. The highest BCUT2D eigenvalue weighted by molar-refractivity contribution is 14.2. The summed E-state index contributed by atoms with van der Waals surface area (Å²) in [5.74, 6) is 0. The maximum Gasteiger partial charge on any atom is 0.416 e. The molecular weight excluding hydrogens is 324 g/mol. The van der Waals surface area contributed by atoms with Gasteiger partial charge >= 0.3 is 6.18 Å². The van der Waals surface area contributed by atoms with Gasteiger partial charge in [0, 0.05) is 26.1 Å². The molecule has 0 saturated heterocycles. The maximum atomic E-state index is 12.3. The Morgan fingerprint density at radius 2 is 2.00 bits per heavy atom. The van der Waals surface area contributed by atoms with E-state index in [0.29, 0.717) is 6.42 Å². The van der Waals surface area contributed by atoms with Crippen molar-refractivity contribution in [1.29, 1.82) is 0 Å². The van der Waals surface area contributed by atoms with Gasteiger partial charge in [-0.2, -0.15) is 13.2 Å². The summed E-state index contributed by atoms with van der Waals surface area (Å²) in [6, 6.07) is 3.87. The molecule has 0 saturated carbocycles. The van der Waals surface area contributed by atoms with Crippen LogP contribution >= 0.6 is 30.1 Å². The van der Waals surface area contributed by atoms with Crippen molar-refractivity contribution in [3.05, 3.63) is 29.3 Å². The van der Waals surface area contributed by atoms with Crippen molar-refractivity contribution in [3.8, 4) is 0 Å². The fourth-order valence-electron chi connectivity index (χ4n) is 1.11. The third-order valence-electron chi connectivity index (χ3n) is 1.85. The molecule has 0 radical (unpaired) electrons. The zero-order chi connectivity index (χ0) is 10.8. The fraction of sp³-hybridized carbons (Fsp3) is 0.333. The summed E-state index contributed by atoms with van der Waals surface area (Å²) in [6.07, 6.45) is -3.62. The Kier molecular flexibility index (Phi) is 4.12. The average molecular weight is 332 g/mol. The first-order valence-corrected chi connectivity index (χ1v) is 7.33. The van der Waals surface area contributed by atoms with E-state index in [1.54, 1.807) is 0 Å². The molecule has 0 aliphatic carbocycles. The van der Waals surface area contributed by atoms with Crippen molar-refractivity contribution in [1.82, 2.24) is 0 Å². The minimum Gasteiger partial charge on any atom is -0.166 e. The van der Waals surface area contributed by atoms with E-state index in [-0.39, 0.29) is 0 Å². The molecule has 0 aliphatic heterocycles. The molecule has 0 amide bonds. The summed E-state index contributed by atoms with van der Waals surface area (Å²) in [4.78, 5) is 0.904. The second kappa shape index (κ2) is 4.74. The highest BCUT2D eigenvalue weighted by atomic mass is 127. The lowest BCUT2D eigenvalue weighted by atomic mass is 10.1. The van der Waals surface area contributed by atoms with Crippen LogP contribution in [-0.4, -0.2) is 0 Å². The number of hydrogen-bond acceptors (Lipinski definition) is 1. The van der Waals surface area contributed by atoms with Gasteiger partial charge in [0.25, 0.3) is 0 Å². The lowest BCUT2D eigenvalue weighted by molar-refractivity contribution is -0.137. The highest BCUT2D eigenvalue weighted by Crippen LogP contribution is 2.35. The van der Waals surface area contributed by atoms with Crippen LogP contribution in [0.15, 0.2) is 23.1 Å². The summed E-state index contributed by atoms with van der Waals surface area (Å²) in [5, 5.41) is 0. The Morgan fingerprint density at radius 3 is 2.43 bits per heavy atom. The Bertz CT molecular complexity index is 322. The summed E-state index contributed by atoms with van der Waals surface area (Å²) in [5.41, 5.74) is 0.183. The molecule has 0 heterocycles. The van der Waals surface area contributed by atoms with E-state index in [1.165, 1.54) is 21.1 Å². The summed E-state index contributed by atoms with van der Waals surface area (Å²) < 4.78 is 37.0. The normalized spacial score (nSPS) is 11.8. The van der Waals surface area contributed by atoms with Gasteiger partial charge in [0.15, 0.2) is 0 Å². The van der Waals surface area contributed by atoms with Gasteiger partial charge in [0.05, 0.1) is 5.56 Å². The van der Waals surface area contributed by atoms with E-state index in [4.69, 9.17) is 0 Å². The molecule has 0 fully saturated rings. The van der Waals surface area contributed by atoms with Crippen LogP contribution in [-0.2, 0) is 12.6 Å². The largest absolute Gasteiger partial charge is 0.416 e. The van der Waals surface area contributed by atoms with Gasteiger partial charge in [-0.25, -0.2) is 0 Å². The van der Waals surface area contributed by atoms with E-state index in [9.17, 15) is 13.2 Å². The number of benzene rings is 1. The van der Waals surface area contributed by atoms with E-state index in [2.05, 4.69) is 21.2 Å². The van der Waals surface area contributed by atoms with Crippen LogP contribution in [0.25, 0.3) is 0 Å². The Balaban J connectivity index is 3.14. The quantitative estimate of drug-likeness (QED) is 0.707. The minimum atomic E-state index is -4.24. The first-order chi connectivity index (χ1) is 6.49. The molecule has 1 aromatic rings. The van der Waals surface area contributed by atoms with E-state index in [0.717, 1.165) is 16.5 Å². The summed E-state index contributed by atoms with van der Waals surface area (Å²) in [7, 11) is 1.44. The second-order valence-corrected chi connectivity index (χ2v) is 4.67. The van der Waals surface area contributed by atoms with E-state index in [1.807, 2.05) is 6.92 Å². The van der Waals surface area contributed by atoms with Gasteiger partial charge in [0.2, 0.25) is 0 Å². The van der Waals surface area contributed by atoms with Crippen molar-refractivity contribution in [3.63, 3.8) is 0 Å². The van der Waals surface area contributed by atoms with Crippen LogP contribution in [0.2, 0.25) is 0 Å². The van der Waals surface area contributed by atoms with E-state index < -0.39 is 11.7 Å². The Labute approximate surface area is 96.9 Å². The van der Waals surface area contributed by atoms with Crippen LogP contribution in [0.4, 0.5) is 13.2 Å². The van der Waals surface area contributed by atoms with Crippen molar-refractivity contribution in [2.24, 2.45) is 0 Å². The van der Waals surface area contributed by atoms with Crippen LogP contribution < -0.4 is 0 Å². The van der Waals surface area contributed by atoms with Crippen molar-refractivity contribution < 1.29 is 13.2 Å². The molecule has 5 heteroatoms.